The largest absolute Gasteiger partial charge is 0.494 e. The van der Waals surface area contributed by atoms with Gasteiger partial charge in [-0.3, -0.25) is 0 Å². The number of fused-ring (bicyclic) bond motifs is 1. The van der Waals surface area contributed by atoms with Crippen LogP contribution in [0.2, 0.25) is 0 Å². The number of anilines is 1. The van der Waals surface area contributed by atoms with Crippen LogP contribution in [0.15, 0.2) is 48.8 Å². The lowest BCUT2D eigenvalue weighted by Gasteiger charge is -2.26. The lowest BCUT2D eigenvalue weighted by molar-refractivity contribution is 0.101. The molecule has 1 unspecified atom stereocenters. The van der Waals surface area contributed by atoms with Gasteiger partial charge in [-0.05, 0) is 62.1 Å². The zero-order chi connectivity index (χ0) is 22.9. The molecule has 170 valence electrons. The highest BCUT2D eigenvalue weighted by molar-refractivity contribution is 5.98. The summed E-state index contributed by atoms with van der Waals surface area (Å²) in [7, 11) is 1.41. The van der Waals surface area contributed by atoms with Crippen LogP contribution in [0, 0.1) is 5.82 Å². The predicted octanol–water partition coefficient (Wildman–Crippen LogP) is 4.49. The fourth-order valence-electron chi connectivity index (χ4n) is 4.35. The van der Waals surface area contributed by atoms with Crippen molar-refractivity contribution in [2.45, 2.75) is 37.8 Å². The van der Waals surface area contributed by atoms with Crippen LogP contribution in [0.5, 0.6) is 17.2 Å². The Hall–Kier alpha value is -3.72. The number of halogens is 1. The quantitative estimate of drug-likeness (QED) is 0.462. The third-order valence-electron chi connectivity index (χ3n) is 5.99. The first-order valence-corrected chi connectivity index (χ1v) is 10.8. The summed E-state index contributed by atoms with van der Waals surface area (Å²) < 4.78 is 27.0. The summed E-state index contributed by atoms with van der Waals surface area (Å²) >= 11 is 0. The number of hydrogen-bond acceptors (Lipinski definition) is 7. The summed E-state index contributed by atoms with van der Waals surface area (Å²) in [6, 6.07) is 11.9. The van der Waals surface area contributed by atoms with E-state index in [4.69, 9.17) is 20.3 Å². The third-order valence-corrected chi connectivity index (χ3v) is 5.99. The Morgan fingerprint density at radius 3 is 2.64 bits per heavy atom. The number of hydrogen-bond donors (Lipinski definition) is 2. The van der Waals surface area contributed by atoms with Crippen LogP contribution in [0.25, 0.3) is 22.3 Å². The van der Waals surface area contributed by atoms with Crippen molar-refractivity contribution in [2.75, 3.05) is 12.8 Å². The molecule has 0 amide bonds. The molecule has 2 atom stereocenters. The summed E-state index contributed by atoms with van der Waals surface area (Å²) in [5.41, 5.74) is 8.31. The Morgan fingerprint density at radius 1 is 1.09 bits per heavy atom. The van der Waals surface area contributed by atoms with E-state index in [0.717, 1.165) is 24.8 Å². The minimum atomic E-state index is -0.562. The SMILES string of the molecule is COc1cccc(Oc2ccc(-c3nn([C@@H]4CCCC(O)C4)c4ncnc(N)c34)cc2)c1F. The molecular formula is C24H24FN5O3. The molecule has 1 saturated carbocycles. The molecule has 9 heteroatoms. The molecule has 0 spiro atoms. The Balaban J connectivity index is 1.49. The fraction of sp³-hybridized carbons (Fsp3) is 0.292. The van der Waals surface area contributed by atoms with Crippen LogP contribution < -0.4 is 15.2 Å². The fourth-order valence-corrected chi connectivity index (χ4v) is 4.35. The molecule has 5 rings (SSSR count). The van der Waals surface area contributed by atoms with Gasteiger partial charge in [0.25, 0.3) is 0 Å². The number of benzene rings is 2. The smallest absolute Gasteiger partial charge is 0.207 e. The van der Waals surface area contributed by atoms with E-state index in [2.05, 4.69) is 9.97 Å². The van der Waals surface area contributed by atoms with Gasteiger partial charge in [-0.15, -0.1) is 0 Å². The van der Waals surface area contributed by atoms with Crippen molar-refractivity contribution < 1.29 is 19.0 Å². The van der Waals surface area contributed by atoms with Crippen LogP contribution in [-0.2, 0) is 0 Å². The van der Waals surface area contributed by atoms with Crippen LogP contribution in [0.3, 0.4) is 0 Å². The van der Waals surface area contributed by atoms with Crippen LogP contribution in [0.4, 0.5) is 10.2 Å². The average molecular weight is 449 g/mol. The van der Waals surface area contributed by atoms with Gasteiger partial charge in [-0.1, -0.05) is 6.07 Å². The molecule has 8 nitrogen and oxygen atoms in total. The third kappa shape index (κ3) is 3.95. The van der Waals surface area contributed by atoms with E-state index in [1.807, 2.05) is 16.8 Å². The molecule has 0 bridgehead atoms. The molecule has 2 aromatic heterocycles. The van der Waals surface area contributed by atoms with Gasteiger partial charge in [0.2, 0.25) is 5.82 Å². The molecule has 1 aliphatic carbocycles. The molecular weight excluding hydrogens is 425 g/mol. The maximum Gasteiger partial charge on any atom is 0.207 e. The van der Waals surface area contributed by atoms with E-state index in [9.17, 15) is 9.50 Å². The zero-order valence-electron chi connectivity index (χ0n) is 18.1. The van der Waals surface area contributed by atoms with Gasteiger partial charge in [0.05, 0.1) is 24.6 Å². The lowest BCUT2D eigenvalue weighted by Crippen LogP contribution is -2.23. The monoisotopic (exact) mass is 449 g/mol. The molecule has 0 saturated heterocycles. The van der Waals surface area contributed by atoms with Crippen LogP contribution >= 0.6 is 0 Å². The minimum Gasteiger partial charge on any atom is -0.494 e. The van der Waals surface area contributed by atoms with Gasteiger partial charge in [0.15, 0.2) is 17.1 Å². The molecule has 0 radical (unpaired) electrons. The van der Waals surface area contributed by atoms with Gasteiger partial charge in [-0.2, -0.15) is 9.49 Å². The first-order valence-electron chi connectivity index (χ1n) is 10.8. The van der Waals surface area contributed by atoms with Crippen molar-refractivity contribution in [3.63, 3.8) is 0 Å². The van der Waals surface area contributed by atoms with Gasteiger partial charge in [-0.25, -0.2) is 14.6 Å². The highest BCUT2D eigenvalue weighted by Crippen LogP contribution is 2.37. The Bertz CT molecular complexity index is 1290. The molecule has 4 aromatic rings. The summed E-state index contributed by atoms with van der Waals surface area (Å²) in [4.78, 5) is 8.59. The summed E-state index contributed by atoms with van der Waals surface area (Å²) in [6.45, 7) is 0. The number of nitrogen functional groups attached to an aromatic ring is 1. The normalized spacial score (nSPS) is 18.4. The second-order valence-electron chi connectivity index (χ2n) is 8.12. The first kappa shape index (κ1) is 21.1. The number of aliphatic hydroxyl groups is 1. The number of ether oxygens (including phenoxy) is 2. The van der Waals surface area contributed by atoms with Crippen molar-refractivity contribution in [3.8, 4) is 28.5 Å². The summed E-state index contributed by atoms with van der Waals surface area (Å²) in [5, 5.41) is 15.7. The average Bonchev–Trinajstić information content (AvgIpc) is 3.22. The van der Waals surface area contributed by atoms with Crippen LogP contribution in [-0.4, -0.2) is 38.1 Å². The van der Waals surface area contributed by atoms with Gasteiger partial charge < -0.3 is 20.3 Å². The van der Waals surface area contributed by atoms with E-state index in [-0.39, 0.29) is 23.6 Å². The van der Waals surface area contributed by atoms with Crippen molar-refractivity contribution in [1.82, 2.24) is 19.7 Å². The number of nitrogens with zero attached hydrogens (tertiary/aromatic N) is 4. The predicted molar refractivity (Wildman–Crippen MR) is 122 cm³/mol. The van der Waals surface area contributed by atoms with E-state index in [1.165, 1.54) is 25.6 Å². The molecule has 33 heavy (non-hydrogen) atoms. The molecule has 0 aliphatic heterocycles. The Kier molecular flexibility index (Phi) is 5.55. The molecule has 1 fully saturated rings. The van der Waals surface area contributed by atoms with E-state index < -0.39 is 5.82 Å². The number of aromatic nitrogens is 4. The number of rotatable bonds is 5. The molecule has 2 aromatic carbocycles. The Labute approximate surface area is 189 Å². The molecule has 2 heterocycles. The topological polar surface area (TPSA) is 108 Å². The summed E-state index contributed by atoms with van der Waals surface area (Å²) in [5.74, 6) is 0.439. The van der Waals surface area contributed by atoms with Gasteiger partial charge in [0, 0.05) is 5.56 Å². The minimum absolute atomic E-state index is 0.0398. The second kappa shape index (κ2) is 8.67. The van der Waals surface area contributed by atoms with E-state index in [1.54, 1.807) is 18.2 Å². The van der Waals surface area contributed by atoms with Gasteiger partial charge >= 0.3 is 0 Å². The highest BCUT2D eigenvalue weighted by atomic mass is 19.1. The molecule has 3 N–H and O–H groups in total. The van der Waals surface area contributed by atoms with E-state index >= 15 is 0 Å². The van der Waals surface area contributed by atoms with Crippen molar-refractivity contribution in [2.24, 2.45) is 0 Å². The highest BCUT2D eigenvalue weighted by Gasteiger charge is 2.26. The number of methoxy groups -OCH3 is 1. The maximum absolute atomic E-state index is 14.4. The maximum atomic E-state index is 14.4. The number of aliphatic hydroxyl groups excluding tert-OH is 1. The van der Waals surface area contributed by atoms with Crippen molar-refractivity contribution in [3.05, 3.63) is 54.6 Å². The van der Waals surface area contributed by atoms with E-state index in [0.29, 0.717) is 34.7 Å². The standard InChI is InChI=1S/C24H24FN5O3/c1-32-18-6-3-7-19(21(18)25)33-17-10-8-14(9-11-17)22-20-23(26)27-13-28-24(20)30(29-22)15-4-2-5-16(31)12-15/h3,6-11,13,15-16,31H,2,4-5,12H2,1H3,(H2,26,27,28)/t15-,16?/m1/s1. The second-order valence-corrected chi connectivity index (χ2v) is 8.12. The van der Waals surface area contributed by atoms with Crippen molar-refractivity contribution >= 4 is 16.9 Å². The van der Waals surface area contributed by atoms with Crippen LogP contribution in [0.1, 0.15) is 31.7 Å². The van der Waals surface area contributed by atoms with Gasteiger partial charge in [0.1, 0.15) is 23.6 Å². The molecule has 1 aliphatic rings. The number of nitrogens with two attached hydrogens (primary N) is 1. The first-order chi connectivity index (χ1) is 16.0. The lowest BCUT2D eigenvalue weighted by atomic mass is 9.93. The zero-order valence-corrected chi connectivity index (χ0v) is 18.1. The summed E-state index contributed by atoms with van der Waals surface area (Å²) in [6.07, 6.45) is 4.34. The Morgan fingerprint density at radius 2 is 1.88 bits per heavy atom. The van der Waals surface area contributed by atoms with Crippen molar-refractivity contribution in [1.29, 1.82) is 0 Å².